The van der Waals surface area contributed by atoms with Gasteiger partial charge in [0.2, 0.25) is 0 Å². The number of carbonyl (C=O) groups is 1. The van der Waals surface area contributed by atoms with Crippen LogP contribution in [-0.2, 0) is 80.5 Å². The lowest BCUT2D eigenvalue weighted by atomic mass is 9.96. The highest BCUT2D eigenvalue weighted by atomic mass is 16.7. The summed E-state index contributed by atoms with van der Waals surface area (Å²) in [6.07, 6.45) is -9.67. The summed E-state index contributed by atoms with van der Waals surface area (Å²) < 4.78 is 59.0. The molecule has 60 heavy (non-hydrogen) atoms. The predicted octanol–water partition coefficient (Wildman–Crippen LogP) is 7.32. The molecular formula is C49H54O11. The molecule has 0 aliphatic carbocycles. The van der Waals surface area contributed by atoms with Gasteiger partial charge < -0.3 is 47.7 Å². The molecule has 2 aliphatic rings. The highest BCUT2D eigenvalue weighted by Crippen LogP contribution is 2.36. The fourth-order valence-corrected chi connectivity index (χ4v) is 7.47. The molecule has 1 N–H and O–H groups in total. The molecule has 0 saturated carbocycles. The maximum absolute atomic E-state index is 12.6. The Bertz CT molecular complexity index is 1970. The van der Waals surface area contributed by atoms with Gasteiger partial charge in [-0.25, -0.2) is 0 Å². The van der Waals surface area contributed by atoms with Gasteiger partial charge in [0.15, 0.2) is 18.7 Å². The van der Waals surface area contributed by atoms with Crippen LogP contribution in [0.15, 0.2) is 152 Å². The third-order valence-electron chi connectivity index (χ3n) is 10.5. The van der Waals surface area contributed by atoms with E-state index in [1.807, 2.05) is 152 Å². The summed E-state index contributed by atoms with van der Waals surface area (Å²) in [5, 5.41) is 11.3. The molecule has 0 spiro atoms. The van der Waals surface area contributed by atoms with Crippen molar-refractivity contribution in [3.63, 3.8) is 0 Å². The van der Waals surface area contributed by atoms with Gasteiger partial charge in [0.25, 0.3) is 0 Å². The largest absolute Gasteiger partial charge is 0.454 e. The van der Waals surface area contributed by atoms with E-state index in [1.54, 1.807) is 6.92 Å². The minimum atomic E-state index is -1.52. The highest BCUT2D eigenvalue weighted by molar-refractivity contribution is 5.66. The van der Waals surface area contributed by atoms with E-state index in [1.165, 1.54) is 6.92 Å². The molecule has 11 heteroatoms. The number of aliphatic hydroxyl groups excluding tert-OH is 1. The van der Waals surface area contributed by atoms with Gasteiger partial charge >= 0.3 is 5.97 Å². The van der Waals surface area contributed by atoms with Gasteiger partial charge in [0, 0.05) is 6.92 Å². The van der Waals surface area contributed by atoms with Crippen LogP contribution in [0.25, 0.3) is 0 Å². The highest BCUT2D eigenvalue weighted by Gasteiger charge is 2.54. The fraction of sp³-hybridized carbons (Fsp3) is 0.367. The van der Waals surface area contributed by atoms with Crippen molar-refractivity contribution in [2.24, 2.45) is 0 Å². The molecule has 0 amide bonds. The quantitative estimate of drug-likeness (QED) is 0.0845. The van der Waals surface area contributed by atoms with E-state index < -0.39 is 67.4 Å². The summed E-state index contributed by atoms with van der Waals surface area (Å²) >= 11 is 0. The SMILES string of the molecule is CC(=O)O[C@@H]1[C@H](O[C@H]2O[C@H](COCc3ccccc3)[C@@H](OCc3ccccc3)[C@H](OCc3ccccc3)[C@H]2OCc2ccccc2)[C@@H](OCc2ccccc2)[C@H](C)O[C@H]1O. The monoisotopic (exact) mass is 818 g/mol. The standard InChI is InChI=1S/C49H54O11/c1-34-42(53-29-37-20-10-4-11-21-37)45(46(48(51)57-34)58-35(2)50)60-49-47(56-32-40-26-16-7-17-27-40)44(55-31-39-24-14-6-15-25-39)43(54-30-38-22-12-5-13-23-38)41(59-49)33-52-28-36-18-8-3-9-19-36/h3-27,34,41-49,51H,28-33H2,1-2H3/t34-,41+,42-,43+,44-,45+,46+,47+,48+,49+/m0/s1. The molecule has 0 unspecified atom stereocenters. The Kier molecular flexibility index (Phi) is 16.0. The van der Waals surface area contributed by atoms with Gasteiger partial charge in [-0.1, -0.05) is 152 Å². The van der Waals surface area contributed by atoms with Crippen molar-refractivity contribution in [2.45, 2.75) is 108 Å². The molecule has 10 atom stereocenters. The van der Waals surface area contributed by atoms with Gasteiger partial charge in [-0.2, -0.15) is 0 Å². The lowest BCUT2D eigenvalue weighted by Gasteiger charge is -2.49. The van der Waals surface area contributed by atoms with Crippen molar-refractivity contribution in [2.75, 3.05) is 6.61 Å². The first kappa shape index (κ1) is 43.3. The van der Waals surface area contributed by atoms with Crippen molar-refractivity contribution in [3.8, 4) is 0 Å². The Morgan fingerprint density at radius 1 is 0.500 bits per heavy atom. The van der Waals surface area contributed by atoms with Crippen molar-refractivity contribution in [1.29, 1.82) is 0 Å². The van der Waals surface area contributed by atoms with Gasteiger partial charge in [-0.15, -0.1) is 0 Å². The molecular weight excluding hydrogens is 765 g/mol. The summed E-state index contributed by atoms with van der Waals surface area (Å²) in [7, 11) is 0. The topological polar surface area (TPSA) is 120 Å². The van der Waals surface area contributed by atoms with Crippen LogP contribution in [-0.4, -0.2) is 79.1 Å². The molecule has 316 valence electrons. The predicted molar refractivity (Wildman–Crippen MR) is 222 cm³/mol. The minimum Gasteiger partial charge on any atom is -0.454 e. The molecule has 2 aliphatic heterocycles. The average molecular weight is 819 g/mol. The zero-order valence-corrected chi connectivity index (χ0v) is 34.0. The molecule has 7 rings (SSSR count). The first-order chi connectivity index (χ1) is 29.4. The Morgan fingerprint density at radius 3 is 1.35 bits per heavy atom. The fourth-order valence-electron chi connectivity index (χ4n) is 7.47. The van der Waals surface area contributed by atoms with Crippen LogP contribution in [0.2, 0.25) is 0 Å². The molecule has 11 nitrogen and oxygen atoms in total. The van der Waals surface area contributed by atoms with E-state index >= 15 is 0 Å². The second kappa shape index (κ2) is 22.2. The number of carbonyl (C=O) groups excluding carboxylic acids is 1. The lowest BCUT2D eigenvalue weighted by molar-refractivity contribution is -0.369. The number of esters is 1. The van der Waals surface area contributed by atoms with E-state index in [0.29, 0.717) is 6.61 Å². The van der Waals surface area contributed by atoms with Gasteiger partial charge in [-0.3, -0.25) is 4.79 Å². The van der Waals surface area contributed by atoms with Gasteiger partial charge in [-0.05, 0) is 34.7 Å². The molecule has 5 aromatic rings. The van der Waals surface area contributed by atoms with Gasteiger partial charge in [0.1, 0.15) is 36.6 Å². The second-order valence-corrected chi connectivity index (χ2v) is 15.0. The van der Waals surface area contributed by atoms with Crippen LogP contribution >= 0.6 is 0 Å². The van der Waals surface area contributed by atoms with Crippen LogP contribution in [0.3, 0.4) is 0 Å². The Hall–Kier alpha value is -4.79. The van der Waals surface area contributed by atoms with E-state index in [4.69, 9.17) is 42.6 Å². The molecule has 5 aromatic carbocycles. The summed E-state index contributed by atoms with van der Waals surface area (Å²) in [6, 6.07) is 49.1. The van der Waals surface area contributed by atoms with E-state index in [0.717, 1.165) is 27.8 Å². The molecule has 0 aromatic heterocycles. The zero-order chi connectivity index (χ0) is 41.5. The minimum absolute atomic E-state index is 0.110. The van der Waals surface area contributed by atoms with Crippen LogP contribution < -0.4 is 0 Å². The third-order valence-corrected chi connectivity index (χ3v) is 10.5. The first-order valence-corrected chi connectivity index (χ1v) is 20.5. The van der Waals surface area contributed by atoms with E-state index in [2.05, 4.69) is 0 Å². The Labute approximate surface area is 352 Å². The normalized spacial score (nSPS) is 26.6. The Balaban J connectivity index is 1.26. The average Bonchev–Trinajstić information content (AvgIpc) is 3.27. The first-order valence-electron chi connectivity index (χ1n) is 20.5. The van der Waals surface area contributed by atoms with Crippen molar-refractivity contribution in [1.82, 2.24) is 0 Å². The van der Waals surface area contributed by atoms with Crippen molar-refractivity contribution < 1.29 is 52.5 Å². The molecule has 2 fully saturated rings. The number of aliphatic hydroxyl groups is 1. The molecule has 0 radical (unpaired) electrons. The second-order valence-electron chi connectivity index (χ2n) is 15.0. The smallest absolute Gasteiger partial charge is 0.303 e. The van der Waals surface area contributed by atoms with Crippen molar-refractivity contribution >= 4 is 5.97 Å². The third kappa shape index (κ3) is 12.2. The summed E-state index contributed by atoms with van der Waals surface area (Å²) in [6.45, 7) is 4.38. The molecule has 0 bridgehead atoms. The Morgan fingerprint density at radius 2 is 0.900 bits per heavy atom. The summed E-state index contributed by atoms with van der Waals surface area (Å²) in [5.74, 6) is -0.625. The van der Waals surface area contributed by atoms with Crippen LogP contribution in [0, 0.1) is 0 Å². The molecule has 2 heterocycles. The van der Waals surface area contributed by atoms with Crippen LogP contribution in [0.5, 0.6) is 0 Å². The van der Waals surface area contributed by atoms with Crippen LogP contribution in [0.1, 0.15) is 41.7 Å². The maximum atomic E-state index is 12.6. The van der Waals surface area contributed by atoms with Crippen LogP contribution in [0.4, 0.5) is 0 Å². The number of rotatable bonds is 19. The number of hydrogen-bond acceptors (Lipinski definition) is 11. The zero-order valence-electron chi connectivity index (χ0n) is 34.0. The van der Waals surface area contributed by atoms with E-state index in [9.17, 15) is 9.90 Å². The number of hydrogen-bond donors (Lipinski definition) is 1. The number of ether oxygens (including phenoxy) is 9. The molecule has 2 saturated heterocycles. The van der Waals surface area contributed by atoms with Crippen molar-refractivity contribution in [3.05, 3.63) is 179 Å². The number of benzene rings is 5. The van der Waals surface area contributed by atoms with Gasteiger partial charge in [0.05, 0.1) is 45.7 Å². The summed E-state index contributed by atoms with van der Waals surface area (Å²) in [5.41, 5.74) is 4.76. The lowest BCUT2D eigenvalue weighted by Crippen LogP contribution is -2.66. The summed E-state index contributed by atoms with van der Waals surface area (Å²) in [4.78, 5) is 12.6. The van der Waals surface area contributed by atoms with E-state index in [-0.39, 0.29) is 33.0 Å². The maximum Gasteiger partial charge on any atom is 0.303 e.